The summed E-state index contributed by atoms with van der Waals surface area (Å²) >= 11 is 3.24. The summed E-state index contributed by atoms with van der Waals surface area (Å²) in [5.41, 5.74) is 0.962. The molecule has 1 aromatic carbocycles. The van der Waals surface area contributed by atoms with Crippen LogP contribution in [0, 0.1) is 17.8 Å². The zero-order valence-electron chi connectivity index (χ0n) is 13.0. The molecule has 1 heterocycles. The molecule has 0 bridgehead atoms. The molecule has 1 fully saturated rings. The molecule has 0 aromatic heterocycles. The van der Waals surface area contributed by atoms with Crippen molar-refractivity contribution in [1.82, 2.24) is 4.90 Å². The number of carbonyl (C=O) groups excluding carboxylic acids is 2. The van der Waals surface area contributed by atoms with E-state index in [2.05, 4.69) is 29.8 Å². The van der Waals surface area contributed by atoms with Crippen LogP contribution in [0.15, 0.2) is 30.3 Å². The lowest BCUT2D eigenvalue weighted by Crippen LogP contribution is -2.30. The Labute approximate surface area is 140 Å². The van der Waals surface area contributed by atoms with E-state index in [1.807, 2.05) is 30.3 Å². The van der Waals surface area contributed by atoms with E-state index in [1.165, 1.54) is 0 Å². The van der Waals surface area contributed by atoms with Crippen molar-refractivity contribution in [3.63, 3.8) is 0 Å². The maximum atomic E-state index is 12.2. The van der Waals surface area contributed by atoms with E-state index in [4.69, 9.17) is 4.74 Å². The summed E-state index contributed by atoms with van der Waals surface area (Å²) in [5, 5.41) is 0.341. The highest BCUT2D eigenvalue weighted by atomic mass is 79.9. The van der Waals surface area contributed by atoms with Crippen LogP contribution in [-0.4, -0.2) is 35.2 Å². The van der Waals surface area contributed by atoms with E-state index >= 15 is 0 Å². The van der Waals surface area contributed by atoms with Crippen molar-refractivity contribution in [2.45, 2.75) is 20.5 Å². The van der Waals surface area contributed by atoms with Crippen LogP contribution in [0.4, 0.5) is 4.79 Å². The monoisotopic (exact) mass is 367 g/mol. The number of halogens is 1. The zero-order chi connectivity index (χ0) is 16.1. The van der Waals surface area contributed by atoms with Crippen molar-refractivity contribution in [3.05, 3.63) is 35.9 Å². The largest absolute Gasteiger partial charge is 0.445 e. The standard InChI is InChI=1S/C17H22BrNO3/c1-12(2)14-9-19(10-15(14)16(20)8-18)17(21)22-11-13-6-4-3-5-7-13/h3-7,12,14-15H,8-11H2,1-2H3/t14-,15-/m0/s1. The predicted molar refractivity (Wildman–Crippen MR) is 88.8 cm³/mol. The van der Waals surface area contributed by atoms with Crippen molar-refractivity contribution < 1.29 is 14.3 Å². The summed E-state index contributed by atoms with van der Waals surface area (Å²) in [4.78, 5) is 25.9. The first-order valence-corrected chi connectivity index (χ1v) is 8.69. The maximum absolute atomic E-state index is 12.2. The fraction of sp³-hybridized carbons (Fsp3) is 0.529. The second kappa shape index (κ2) is 7.77. The number of benzene rings is 1. The first kappa shape index (κ1) is 17.0. The number of ketones is 1. The Kier molecular flexibility index (Phi) is 6.00. The van der Waals surface area contributed by atoms with Gasteiger partial charge >= 0.3 is 6.09 Å². The lowest BCUT2D eigenvalue weighted by molar-refractivity contribution is -0.121. The first-order valence-electron chi connectivity index (χ1n) is 7.57. The Morgan fingerprint density at radius 2 is 1.95 bits per heavy atom. The molecule has 4 nitrogen and oxygen atoms in total. The number of hydrogen-bond donors (Lipinski definition) is 0. The van der Waals surface area contributed by atoms with Gasteiger partial charge < -0.3 is 9.64 Å². The lowest BCUT2D eigenvalue weighted by Gasteiger charge is -2.19. The van der Waals surface area contributed by atoms with Crippen LogP contribution in [0.3, 0.4) is 0 Å². The van der Waals surface area contributed by atoms with Gasteiger partial charge in [-0.1, -0.05) is 60.1 Å². The molecular weight excluding hydrogens is 346 g/mol. The summed E-state index contributed by atoms with van der Waals surface area (Å²) in [6.07, 6.45) is -0.334. The average Bonchev–Trinajstić information content (AvgIpc) is 2.98. The van der Waals surface area contributed by atoms with E-state index in [1.54, 1.807) is 4.90 Å². The molecule has 0 N–H and O–H groups in total. The number of carbonyl (C=O) groups is 2. The number of nitrogens with zero attached hydrogens (tertiary/aromatic N) is 1. The van der Waals surface area contributed by atoms with E-state index in [-0.39, 0.29) is 30.3 Å². The first-order chi connectivity index (χ1) is 10.5. The van der Waals surface area contributed by atoms with Gasteiger partial charge in [-0.3, -0.25) is 4.79 Å². The normalized spacial score (nSPS) is 21.2. The molecule has 1 aromatic rings. The molecule has 1 aliphatic rings. The Bertz CT molecular complexity index is 518. The highest BCUT2D eigenvalue weighted by Gasteiger charge is 2.40. The molecule has 120 valence electrons. The Hall–Kier alpha value is -1.36. The molecular formula is C17H22BrNO3. The number of amides is 1. The van der Waals surface area contributed by atoms with Crippen LogP contribution in [0.5, 0.6) is 0 Å². The molecule has 0 unspecified atom stereocenters. The van der Waals surface area contributed by atoms with Crippen LogP contribution < -0.4 is 0 Å². The van der Waals surface area contributed by atoms with Gasteiger partial charge in [-0.25, -0.2) is 4.79 Å². The van der Waals surface area contributed by atoms with Gasteiger partial charge in [0.05, 0.1) is 5.33 Å². The summed E-state index contributed by atoms with van der Waals surface area (Å²) in [6, 6.07) is 9.60. The Morgan fingerprint density at radius 3 is 2.55 bits per heavy atom. The molecule has 0 spiro atoms. The highest BCUT2D eigenvalue weighted by molar-refractivity contribution is 9.09. The van der Waals surface area contributed by atoms with Crippen LogP contribution in [0.2, 0.25) is 0 Å². The van der Waals surface area contributed by atoms with Crippen molar-refractivity contribution in [3.8, 4) is 0 Å². The molecule has 5 heteroatoms. The Morgan fingerprint density at radius 1 is 1.27 bits per heavy atom. The van der Waals surface area contributed by atoms with Gasteiger partial charge in [-0.15, -0.1) is 0 Å². The minimum Gasteiger partial charge on any atom is -0.445 e. The minimum atomic E-state index is -0.334. The molecule has 1 aliphatic heterocycles. The molecule has 0 aliphatic carbocycles. The topological polar surface area (TPSA) is 46.6 Å². The summed E-state index contributed by atoms with van der Waals surface area (Å²) in [7, 11) is 0. The van der Waals surface area contributed by atoms with Gasteiger partial charge in [0.15, 0.2) is 0 Å². The van der Waals surface area contributed by atoms with Crippen LogP contribution >= 0.6 is 15.9 Å². The smallest absolute Gasteiger partial charge is 0.410 e. The third kappa shape index (κ3) is 4.09. The van der Waals surface area contributed by atoms with Crippen molar-refractivity contribution in [2.24, 2.45) is 17.8 Å². The molecule has 2 rings (SSSR count). The van der Waals surface area contributed by atoms with Crippen molar-refractivity contribution >= 4 is 27.8 Å². The molecule has 0 radical (unpaired) electrons. The van der Waals surface area contributed by atoms with E-state index in [9.17, 15) is 9.59 Å². The van der Waals surface area contributed by atoms with Crippen molar-refractivity contribution in [1.29, 1.82) is 0 Å². The van der Waals surface area contributed by atoms with Gasteiger partial charge in [0.2, 0.25) is 0 Å². The maximum Gasteiger partial charge on any atom is 0.410 e. The average molecular weight is 368 g/mol. The number of likely N-dealkylation sites (tertiary alicyclic amines) is 1. The number of alkyl halides is 1. The molecule has 22 heavy (non-hydrogen) atoms. The molecule has 0 saturated carbocycles. The van der Waals surface area contributed by atoms with E-state index in [0.29, 0.717) is 24.3 Å². The highest BCUT2D eigenvalue weighted by Crippen LogP contribution is 2.31. The third-order valence-corrected chi connectivity index (χ3v) is 4.78. The number of ether oxygens (including phenoxy) is 1. The van der Waals surface area contributed by atoms with E-state index < -0.39 is 0 Å². The fourth-order valence-electron chi connectivity index (χ4n) is 2.90. The van der Waals surface area contributed by atoms with Gasteiger partial charge in [-0.05, 0) is 17.4 Å². The second-order valence-corrected chi connectivity index (χ2v) is 6.62. The van der Waals surface area contributed by atoms with Gasteiger partial charge in [0, 0.05) is 19.0 Å². The SMILES string of the molecule is CC(C)[C@@H]1CN(C(=O)OCc2ccccc2)C[C@@H]1C(=O)CBr. The number of rotatable bonds is 5. The molecule has 1 saturated heterocycles. The molecule has 2 atom stereocenters. The summed E-state index contributed by atoms with van der Waals surface area (Å²) < 4.78 is 5.37. The lowest BCUT2D eigenvalue weighted by atomic mass is 9.84. The van der Waals surface area contributed by atoms with Gasteiger partial charge in [0.1, 0.15) is 12.4 Å². The Balaban J connectivity index is 1.94. The zero-order valence-corrected chi connectivity index (χ0v) is 14.6. The molecule has 1 amide bonds. The predicted octanol–water partition coefficient (Wildman–Crippen LogP) is 3.49. The summed E-state index contributed by atoms with van der Waals surface area (Å²) in [6.45, 7) is 5.51. The van der Waals surface area contributed by atoms with Gasteiger partial charge in [-0.2, -0.15) is 0 Å². The van der Waals surface area contributed by atoms with Crippen LogP contribution in [0.25, 0.3) is 0 Å². The van der Waals surface area contributed by atoms with Crippen molar-refractivity contribution in [2.75, 3.05) is 18.4 Å². The van der Waals surface area contributed by atoms with Gasteiger partial charge in [0.25, 0.3) is 0 Å². The quantitative estimate of drug-likeness (QED) is 0.748. The minimum absolute atomic E-state index is 0.0938. The second-order valence-electron chi connectivity index (χ2n) is 6.06. The number of Topliss-reactive ketones (excluding diaryl/α,β-unsaturated/α-hetero) is 1. The fourth-order valence-corrected chi connectivity index (χ4v) is 3.32. The summed E-state index contributed by atoms with van der Waals surface area (Å²) in [5.74, 6) is 0.634. The van der Waals surface area contributed by atoms with Crippen LogP contribution in [-0.2, 0) is 16.1 Å². The number of hydrogen-bond acceptors (Lipinski definition) is 3. The van der Waals surface area contributed by atoms with E-state index in [0.717, 1.165) is 5.56 Å². The van der Waals surface area contributed by atoms with Crippen LogP contribution in [0.1, 0.15) is 19.4 Å². The third-order valence-electron chi connectivity index (χ3n) is 4.23.